The molecule has 0 radical (unpaired) electrons. The van der Waals surface area contributed by atoms with E-state index in [0.717, 1.165) is 82.5 Å². The first-order valence-corrected chi connectivity index (χ1v) is 11.9. The van der Waals surface area contributed by atoms with Crippen molar-refractivity contribution in [2.45, 2.75) is 77.2 Å². The fraction of sp³-hybridized carbons (Fsp3) is 0.708. The Hall–Kier alpha value is -2.13. The molecule has 3 aliphatic rings. The van der Waals surface area contributed by atoms with Gasteiger partial charge in [-0.15, -0.1) is 0 Å². The van der Waals surface area contributed by atoms with Crippen molar-refractivity contribution in [2.24, 2.45) is 0 Å². The van der Waals surface area contributed by atoms with Crippen LogP contribution >= 0.6 is 0 Å². The van der Waals surface area contributed by atoms with E-state index < -0.39 is 0 Å². The summed E-state index contributed by atoms with van der Waals surface area (Å²) < 4.78 is 0. The van der Waals surface area contributed by atoms with Gasteiger partial charge in [0.05, 0.1) is 12.1 Å². The fourth-order valence-electron chi connectivity index (χ4n) is 5.36. The molecule has 6 nitrogen and oxygen atoms in total. The lowest BCUT2D eigenvalue weighted by Crippen LogP contribution is -2.51. The second kappa shape index (κ2) is 9.78. The van der Waals surface area contributed by atoms with Crippen LogP contribution in [-0.2, 0) is 24.1 Å². The second-order valence-corrected chi connectivity index (χ2v) is 9.10. The molecule has 30 heavy (non-hydrogen) atoms. The van der Waals surface area contributed by atoms with Crippen LogP contribution < -0.4 is 10.2 Å². The number of pyridine rings is 1. The lowest BCUT2D eigenvalue weighted by Gasteiger charge is -2.36. The van der Waals surface area contributed by atoms with Gasteiger partial charge in [0.25, 0.3) is 0 Å². The number of fused-ring (bicyclic) bond motifs is 1. The summed E-state index contributed by atoms with van der Waals surface area (Å²) in [6.45, 7) is 5.99. The van der Waals surface area contributed by atoms with E-state index in [2.05, 4.69) is 28.1 Å². The van der Waals surface area contributed by atoms with Gasteiger partial charge >= 0.3 is 0 Å². The Labute approximate surface area is 180 Å². The number of carbonyl (C=O) groups is 1. The molecule has 1 saturated heterocycles. The number of aromatic nitrogens is 1. The molecule has 1 N–H and O–H groups in total. The van der Waals surface area contributed by atoms with Crippen LogP contribution in [0.15, 0.2) is 0 Å². The van der Waals surface area contributed by atoms with Crippen molar-refractivity contribution in [3.8, 4) is 6.07 Å². The third kappa shape index (κ3) is 4.62. The van der Waals surface area contributed by atoms with E-state index in [1.165, 1.54) is 36.1 Å². The van der Waals surface area contributed by atoms with Crippen LogP contribution in [0.25, 0.3) is 0 Å². The van der Waals surface area contributed by atoms with Gasteiger partial charge in [-0.25, -0.2) is 4.98 Å². The van der Waals surface area contributed by atoms with E-state index in [0.29, 0.717) is 12.6 Å². The summed E-state index contributed by atoms with van der Waals surface area (Å²) in [5, 5.41) is 13.1. The van der Waals surface area contributed by atoms with Gasteiger partial charge in [-0.2, -0.15) is 5.26 Å². The molecule has 0 unspecified atom stereocenters. The SMILES string of the molecule is CCCc1nc(N2CCN(CC(=O)NC3CCCCC3)CC2)c(C#N)c2c1CCC2. The molecule has 0 atom stereocenters. The highest BCUT2D eigenvalue weighted by molar-refractivity contribution is 5.78. The summed E-state index contributed by atoms with van der Waals surface area (Å²) in [5.74, 6) is 1.04. The monoisotopic (exact) mass is 409 g/mol. The molecule has 162 valence electrons. The maximum absolute atomic E-state index is 12.5. The highest BCUT2D eigenvalue weighted by atomic mass is 16.2. The van der Waals surface area contributed by atoms with Crippen molar-refractivity contribution in [3.05, 3.63) is 22.4 Å². The molecule has 2 heterocycles. The normalized spacial score (nSPS) is 20.1. The Morgan fingerprint density at radius 1 is 1.10 bits per heavy atom. The van der Waals surface area contributed by atoms with Crippen LogP contribution in [0.1, 0.15) is 74.3 Å². The molecule has 1 aromatic heterocycles. The molecule has 1 saturated carbocycles. The lowest BCUT2D eigenvalue weighted by molar-refractivity contribution is -0.123. The molecule has 1 aliphatic heterocycles. The van der Waals surface area contributed by atoms with Gasteiger partial charge < -0.3 is 10.2 Å². The largest absolute Gasteiger partial charge is 0.353 e. The Balaban J connectivity index is 1.38. The number of hydrogen-bond donors (Lipinski definition) is 1. The summed E-state index contributed by atoms with van der Waals surface area (Å²) in [5.41, 5.74) is 4.59. The average molecular weight is 410 g/mol. The molecule has 0 bridgehead atoms. The molecule has 0 spiro atoms. The summed E-state index contributed by atoms with van der Waals surface area (Å²) in [6, 6.07) is 2.84. The summed E-state index contributed by atoms with van der Waals surface area (Å²) in [4.78, 5) is 22.0. The lowest BCUT2D eigenvalue weighted by atomic mass is 9.95. The Morgan fingerprint density at radius 2 is 1.83 bits per heavy atom. The number of nitrogens with zero attached hydrogens (tertiary/aromatic N) is 4. The standard InChI is InChI=1S/C24H35N5O/c1-2-7-22-20-11-6-10-19(20)21(16-25)24(27-22)29-14-12-28(13-15-29)17-23(30)26-18-8-4-3-5-9-18/h18H,2-15,17H2,1H3,(H,26,30). The Morgan fingerprint density at radius 3 is 2.53 bits per heavy atom. The molecule has 2 aliphatic carbocycles. The number of nitriles is 1. The second-order valence-electron chi connectivity index (χ2n) is 9.10. The zero-order valence-corrected chi connectivity index (χ0v) is 18.4. The van der Waals surface area contributed by atoms with Crippen LogP contribution in [0, 0.1) is 11.3 Å². The smallest absolute Gasteiger partial charge is 0.234 e. The quantitative estimate of drug-likeness (QED) is 0.782. The summed E-state index contributed by atoms with van der Waals surface area (Å²) in [6.07, 6.45) is 11.3. The number of aryl methyl sites for hydroxylation is 1. The number of amides is 1. The van der Waals surface area contributed by atoms with Gasteiger partial charge in [-0.3, -0.25) is 9.69 Å². The number of piperazine rings is 1. The molecular formula is C24H35N5O. The Bertz CT molecular complexity index is 801. The maximum atomic E-state index is 12.5. The van der Waals surface area contributed by atoms with Crippen LogP contribution in [0.2, 0.25) is 0 Å². The van der Waals surface area contributed by atoms with E-state index in [4.69, 9.17) is 4.98 Å². The third-order valence-electron chi connectivity index (χ3n) is 6.94. The predicted octanol–water partition coefficient (Wildman–Crippen LogP) is 2.97. The van der Waals surface area contributed by atoms with Gasteiger partial charge in [0, 0.05) is 37.9 Å². The highest BCUT2D eigenvalue weighted by Crippen LogP contribution is 2.33. The van der Waals surface area contributed by atoms with Crippen molar-refractivity contribution >= 4 is 11.7 Å². The molecule has 1 amide bonds. The molecule has 6 heteroatoms. The molecule has 1 aromatic rings. The molecular weight excluding hydrogens is 374 g/mol. The van der Waals surface area contributed by atoms with Crippen molar-refractivity contribution in [2.75, 3.05) is 37.6 Å². The molecule has 0 aromatic carbocycles. The average Bonchev–Trinajstić information content (AvgIpc) is 3.25. The number of carbonyl (C=O) groups excluding carboxylic acids is 1. The number of rotatable bonds is 6. The van der Waals surface area contributed by atoms with Gasteiger partial charge in [0.15, 0.2) is 0 Å². The van der Waals surface area contributed by atoms with E-state index >= 15 is 0 Å². The van der Waals surface area contributed by atoms with E-state index in [1.807, 2.05) is 0 Å². The topological polar surface area (TPSA) is 72.3 Å². The van der Waals surface area contributed by atoms with Crippen molar-refractivity contribution in [1.82, 2.24) is 15.2 Å². The van der Waals surface area contributed by atoms with Crippen molar-refractivity contribution < 1.29 is 4.79 Å². The molecule has 4 rings (SSSR count). The molecule has 2 fully saturated rings. The zero-order chi connectivity index (χ0) is 20.9. The van der Waals surface area contributed by atoms with E-state index in [1.54, 1.807) is 0 Å². The number of nitrogens with one attached hydrogen (secondary N) is 1. The summed E-state index contributed by atoms with van der Waals surface area (Å²) >= 11 is 0. The van der Waals surface area contributed by atoms with Crippen molar-refractivity contribution in [1.29, 1.82) is 5.26 Å². The summed E-state index contributed by atoms with van der Waals surface area (Å²) in [7, 11) is 0. The number of anilines is 1. The fourth-order valence-corrected chi connectivity index (χ4v) is 5.36. The van der Waals surface area contributed by atoms with E-state index in [9.17, 15) is 10.1 Å². The third-order valence-corrected chi connectivity index (χ3v) is 6.94. The van der Waals surface area contributed by atoms with Crippen LogP contribution in [0.5, 0.6) is 0 Å². The minimum Gasteiger partial charge on any atom is -0.353 e. The minimum absolute atomic E-state index is 0.161. The maximum Gasteiger partial charge on any atom is 0.234 e. The first-order chi connectivity index (χ1) is 14.7. The Kier molecular flexibility index (Phi) is 6.89. The van der Waals surface area contributed by atoms with Crippen molar-refractivity contribution in [3.63, 3.8) is 0 Å². The first kappa shape index (κ1) is 21.1. The van der Waals surface area contributed by atoms with E-state index in [-0.39, 0.29) is 5.91 Å². The van der Waals surface area contributed by atoms with Crippen LogP contribution in [0.3, 0.4) is 0 Å². The zero-order valence-electron chi connectivity index (χ0n) is 18.4. The number of hydrogen-bond acceptors (Lipinski definition) is 5. The van der Waals surface area contributed by atoms with Gasteiger partial charge in [-0.05, 0) is 49.7 Å². The highest BCUT2D eigenvalue weighted by Gasteiger charge is 2.28. The van der Waals surface area contributed by atoms with Crippen LogP contribution in [0.4, 0.5) is 5.82 Å². The van der Waals surface area contributed by atoms with Gasteiger partial charge in [0.1, 0.15) is 11.9 Å². The van der Waals surface area contributed by atoms with Gasteiger partial charge in [0.2, 0.25) is 5.91 Å². The van der Waals surface area contributed by atoms with Crippen LogP contribution in [-0.4, -0.2) is 54.6 Å². The van der Waals surface area contributed by atoms with Gasteiger partial charge in [-0.1, -0.05) is 32.6 Å². The first-order valence-electron chi connectivity index (χ1n) is 11.9. The minimum atomic E-state index is 0.161. The predicted molar refractivity (Wildman–Crippen MR) is 119 cm³/mol.